The van der Waals surface area contributed by atoms with Crippen molar-refractivity contribution in [2.45, 2.75) is 116 Å². The van der Waals surface area contributed by atoms with Crippen LogP contribution in [0.1, 0.15) is 115 Å². The van der Waals surface area contributed by atoms with Gasteiger partial charge in [0.1, 0.15) is 6.54 Å². The van der Waals surface area contributed by atoms with Gasteiger partial charge in [0.15, 0.2) is 0 Å². The number of hydrogen-bond acceptors (Lipinski definition) is 1. The minimum atomic E-state index is 0. The Hall–Kier alpha value is -0.870. The number of carbonyl (C=O) groups is 1. The van der Waals surface area contributed by atoms with Crippen molar-refractivity contribution in [2.75, 3.05) is 34.2 Å². The van der Waals surface area contributed by atoms with E-state index in [0.717, 1.165) is 43.4 Å². The molecule has 0 saturated carbocycles. The summed E-state index contributed by atoms with van der Waals surface area (Å²) in [4.78, 5) is 14.4. The van der Waals surface area contributed by atoms with Crippen molar-refractivity contribution in [3.8, 4) is 0 Å². The fourth-order valence-electron chi connectivity index (χ4n) is 4.68. The zero-order valence-corrected chi connectivity index (χ0v) is 24.7. The van der Waals surface area contributed by atoms with Gasteiger partial charge in [-0.25, -0.2) is 0 Å². The predicted octanol–water partition coefficient (Wildman–Crippen LogP) is 8.56. The number of halogens is 1. The van der Waals surface area contributed by atoms with Gasteiger partial charge < -0.3 is 9.38 Å². The molecule has 0 unspecified atom stereocenters. The van der Waals surface area contributed by atoms with E-state index in [1.807, 2.05) is 11.9 Å². The summed E-state index contributed by atoms with van der Waals surface area (Å²) < 4.78 is 0.963. The van der Waals surface area contributed by atoms with Crippen LogP contribution < -0.4 is 0 Å². The van der Waals surface area contributed by atoms with Crippen LogP contribution in [-0.2, 0) is 11.3 Å². The molecule has 0 aliphatic heterocycles. The lowest BCUT2D eigenvalue weighted by Gasteiger charge is -2.30. The Morgan fingerprint density at radius 2 is 1.21 bits per heavy atom. The van der Waals surface area contributed by atoms with E-state index in [-0.39, 0.29) is 17.0 Å². The summed E-state index contributed by atoms with van der Waals surface area (Å²) in [6.07, 6.45) is 20.8. The highest BCUT2D eigenvalue weighted by Gasteiger charge is 2.16. The Morgan fingerprint density at radius 3 is 1.71 bits per heavy atom. The molecule has 0 aromatic heterocycles. The van der Waals surface area contributed by atoms with Crippen molar-refractivity contribution in [2.24, 2.45) is 0 Å². The molecule has 0 N–H and O–H groups in total. The van der Waals surface area contributed by atoms with Crippen molar-refractivity contribution < 1.29 is 9.28 Å². The van der Waals surface area contributed by atoms with Crippen LogP contribution in [0.5, 0.6) is 0 Å². The van der Waals surface area contributed by atoms with Gasteiger partial charge in [0.05, 0.1) is 20.6 Å². The second-order valence-electron chi connectivity index (χ2n) is 10.8. The number of carbonyl (C=O) groups excluding carboxylic acids is 1. The number of rotatable bonds is 21. The lowest BCUT2D eigenvalue weighted by Crippen LogP contribution is -2.41. The summed E-state index contributed by atoms with van der Waals surface area (Å²) in [5.74, 6) is 0.322. The topological polar surface area (TPSA) is 20.3 Å². The average molecular weight is 541 g/mol. The Labute approximate surface area is 223 Å². The lowest BCUT2D eigenvalue weighted by atomic mass is 10.0. The maximum Gasteiger partial charge on any atom is 0.222 e. The second kappa shape index (κ2) is 21.4. The van der Waals surface area contributed by atoms with Crippen LogP contribution in [0.3, 0.4) is 0 Å². The molecular formula is C30H56BrN2O+. The van der Waals surface area contributed by atoms with Gasteiger partial charge in [-0.3, -0.25) is 4.79 Å². The zero-order chi connectivity index (χ0) is 24.2. The molecule has 1 amide bonds. The maximum atomic E-state index is 12.4. The number of amides is 1. The van der Waals surface area contributed by atoms with Crippen LogP contribution in [0.15, 0.2) is 30.3 Å². The van der Waals surface area contributed by atoms with E-state index < -0.39 is 0 Å². The molecule has 4 heteroatoms. The monoisotopic (exact) mass is 539 g/mol. The van der Waals surface area contributed by atoms with Gasteiger partial charge in [-0.1, -0.05) is 121 Å². The highest BCUT2D eigenvalue weighted by Crippen LogP contribution is 2.14. The van der Waals surface area contributed by atoms with Crippen molar-refractivity contribution in [3.63, 3.8) is 0 Å². The number of unbranched alkanes of at least 4 members (excludes halogenated alkanes) is 13. The Bertz CT molecular complexity index is 591. The first-order valence-electron chi connectivity index (χ1n) is 14.0. The Kier molecular flexibility index (Phi) is 20.9. The number of nitrogens with zero attached hydrogens (tertiary/aromatic N) is 2. The lowest BCUT2D eigenvalue weighted by molar-refractivity contribution is -0.903. The van der Waals surface area contributed by atoms with E-state index in [1.165, 1.54) is 89.0 Å². The van der Waals surface area contributed by atoms with Gasteiger partial charge in [0.2, 0.25) is 5.91 Å². The normalized spacial score (nSPS) is 11.3. The highest BCUT2D eigenvalue weighted by atomic mass is 79.9. The van der Waals surface area contributed by atoms with Crippen LogP contribution >= 0.6 is 17.0 Å². The minimum absolute atomic E-state index is 0. The van der Waals surface area contributed by atoms with E-state index in [1.54, 1.807) is 0 Å². The standard InChI is InChI=1S/C30H55N2O.BrH/c1-5-6-7-8-9-10-11-12-13-14-15-16-17-21-25-30(33)31(2)26-22-27-32(3,4)28-29-23-19-18-20-24-29;/h18-20,23-24H,5-17,21-22,25-28H2,1-4H3;1H/q+1;. The third-order valence-corrected chi connectivity index (χ3v) is 6.88. The summed E-state index contributed by atoms with van der Waals surface area (Å²) in [5.41, 5.74) is 1.38. The largest absolute Gasteiger partial charge is 0.346 e. The van der Waals surface area contributed by atoms with Crippen LogP contribution in [0.4, 0.5) is 0 Å². The second-order valence-corrected chi connectivity index (χ2v) is 10.8. The van der Waals surface area contributed by atoms with E-state index in [2.05, 4.69) is 51.4 Å². The first kappa shape index (κ1) is 33.1. The molecule has 0 atom stereocenters. The van der Waals surface area contributed by atoms with Gasteiger partial charge in [0.25, 0.3) is 0 Å². The molecular weight excluding hydrogens is 484 g/mol. The highest BCUT2D eigenvalue weighted by molar-refractivity contribution is 8.93. The number of benzene rings is 1. The summed E-state index contributed by atoms with van der Waals surface area (Å²) >= 11 is 0. The van der Waals surface area contributed by atoms with E-state index >= 15 is 0 Å². The van der Waals surface area contributed by atoms with E-state index in [4.69, 9.17) is 0 Å². The Balaban J connectivity index is 0.0000109. The van der Waals surface area contributed by atoms with Gasteiger partial charge in [-0.2, -0.15) is 0 Å². The summed E-state index contributed by atoms with van der Waals surface area (Å²) in [5, 5.41) is 0. The SMILES string of the molecule is Br.CCCCCCCCCCCCCCCCC(=O)N(C)CCC[N+](C)(C)Cc1ccccc1. The molecule has 0 aliphatic carbocycles. The first-order valence-corrected chi connectivity index (χ1v) is 14.0. The van der Waals surface area contributed by atoms with Crippen LogP contribution in [0.25, 0.3) is 0 Å². The van der Waals surface area contributed by atoms with Gasteiger partial charge >= 0.3 is 0 Å². The quantitative estimate of drug-likeness (QED) is 0.113. The molecule has 198 valence electrons. The third kappa shape index (κ3) is 18.5. The van der Waals surface area contributed by atoms with Gasteiger partial charge in [0, 0.05) is 32.0 Å². The first-order chi connectivity index (χ1) is 15.9. The molecule has 0 heterocycles. The molecule has 0 radical (unpaired) electrons. The summed E-state index contributed by atoms with van der Waals surface area (Å²) in [6.45, 7) is 5.28. The van der Waals surface area contributed by atoms with Crippen LogP contribution in [0.2, 0.25) is 0 Å². The molecule has 0 spiro atoms. The molecule has 0 saturated heterocycles. The molecule has 1 rings (SSSR count). The van der Waals surface area contributed by atoms with E-state index in [9.17, 15) is 4.79 Å². The molecule has 1 aromatic carbocycles. The van der Waals surface area contributed by atoms with Crippen LogP contribution in [-0.4, -0.2) is 49.5 Å². The van der Waals surface area contributed by atoms with Crippen molar-refractivity contribution in [1.82, 2.24) is 4.90 Å². The minimum Gasteiger partial charge on any atom is -0.346 e. The molecule has 3 nitrogen and oxygen atoms in total. The molecule has 0 fully saturated rings. The maximum absolute atomic E-state index is 12.4. The molecule has 34 heavy (non-hydrogen) atoms. The average Bonchev–Trinajstić information content (AvgIpc) is 2.79. The number of quaternary nitrogens is 1. The fraction of sp³-hybridized carbons (Fsp3) is 0.767. The van der Waals surface area contributed by atoms with Crippen LogP contribution in [0, 0.1) is 0 Å². The molecule has 1 aromatic rings. The van der Waals surface area contributed by atoms with Crippen molar-refractivity contribution >= 4 is 22.9 Å². The summed E-state index contributed by atoms with van der Waals surface area (Å²) in [7, 11) is 6.54. The smallest absolute Gasteiger partial charge is 0.222 e. The van der Waals surface area contributed by atoms with Crippen molar-refractivity contribution in [1.29, 1.82) is 0 Å². The Morgan fingerprint density at radius 1 is 0.735 bits per heavy atom. The zero-order valence-electron chi connectivity index (χ0n) is 23.0. The fourth-order valence-corrected chi connectivity index (χ4v) is 4.68. The third-order valence-electron chi connectivity index (χ3n) is 6.88. The molecule has 0 bridgehead atoms. The predicted molar refractivity (Wildman–Crippen MR) is 155 cm³/mol. The summed E-state index contributed by atoms with van der Waals surface area (Å²) in [6, 6.07) is 10.7. The van der Waals surface area contributed by atoms with Gasteiger partial charge in [-0.15, -0.1) is 17.0 Å². The van der Waals surface area contributed by atoms with Gasteiger partial charge in [-0.05, 0) is 6.42 Å². The number of hydrogen-bond donors (Lipinski definition) is 0. The van der Waals surface area contributed by atoms with E-state index in [0.29, 0.717) is 5.91 Å². The van der Waals surface area contributed by atoms with Crippen molar-refractivity contribution in [3.05, 3.63) is 35.9 Å². The molecule has 0 aliphatic rings.